The van der Waals surface area contributed by atoms with Crippen molar-refractivity contribution in [3.05, 3.63) is 23.2 Å². The van der Waals surface area contributed by atoms with Crippen LogP contribution < -0.4 is 14.8 Å². The Morgan fingerprint density at radius 1 is 1.33 bits per heavy atom. The van der Waals surface area contributed by atoms with Crippen molar-refractivity contribution in [1.29, 1.82) is 0 Å². The number of nitrogens with one attached hydrogen (secondary N) is 2. The van der Waals surface area contributed by atoms with E-state index in [-0.39, 0.29) is 34.2 Å². The highest BCUT2D eigenvalue weighted by atomic mass is 35.5. The molecule has 8 heteroatoms. The Hall–Kier alpha value is -1.31. The van der Waals surface area contributed by atoms with Crippen LogP contribution in [0, 0.1) is 0 Å². The standard InChI is InChI=1S/C16H25ClN2O4S/c1-4-6-9-18-24(21,22)13-7-8-15(14(17)10-13)23-11-16(20)19-12(3)5-2/h7-8,10,12,18H,4-6,9,11H2,1-3H3,(H,19,20)/t12-/m0/s1. The van der Waals surface area contributed by atoms with E-state index in [4.69, 9.17) is 16.3 Å². The van der Waals surface area contributed by atoms with Crippen LogP contribution in [0.2, 0.25) is 5.02 Å². The molecule has 0 heterocycles. The van der Waals surface area contributed by atoms with Crippen molar-refractivity contribution < 1.29 is 17.9 Å². The minimum Gasteiger partial charge on any atom is -0.482 e. The Balaban J connectivity index is 2.69. The first-order chi connectivity index (χ1) is 11.3. The first kappa shape index (κ1) is 20.7. The Bertz CT molecular complexity index is 649. The maximum Gasteiger partial charge on any atom is 0.258 e. The highest BCUT2D eigenvalue weighted by molar-refractivity contribution is 7.89. The summed E-state index contributed by atoms with van der Waals surface area (Å²) in [4.78, 5) is 11.8. The van der Waals surface area contributed by atoms with Crippen LogP contribution in [0.15, 0.2) is 23.1 Å². The van der Waals surface area contributed by atoms with Crippen LogP contribution in [-0.4, -0.2) is 33.5 Å². The smallest absolute Gasteiger partial charge is 0.258 e. The lowest BCUT2D eigenvalue weighted by atomic mass is 10.2. The summed E-state index contributed by atoms with van der Waals surface area (Å²) < 4.78 is 32.1. The average Bonchev–Trinajstić information content (AvgIpc) is 2.53. The number of hydrogen-bond acceptors (Lipinski definition) is 4. The van der Waals surface area contributed by atoms with Gasteiger partial charge in [0.05, 0.1) is 9.92 Å². The Labute approximate surface area is 149 Å². The second kappa shape index (κ2) is 9.86. The van der Waals surface area contributed by atoms with Crippen LogP contribution in [0.5, 0.6) is 5.75 Å². The van der Waals surface area contributed by atoms with E-state index in [1.54, 1.807) is 0 Å². The highest BCUT2D eigenvalue weighted by Crippen LogP contribution is 2.27. The number of amides is 1. The minimum atomic E-state index is -3.59. The molecule has 1 rings (SSSR count). The number of unbranched alkanes of at least 4 members (excludes halogenated alkanes) is 1. The molecule has 1 amide bonds. The third-order valence-electron chi connectivity index (χ3n) is 3.41. The molecule has 24 heavy (non-hydrogen) atoms. The van der Waals surface area contributed by atoms with Gasteiger partial charge in [0, 0.05) is 12.6 Å². The highest BCUT2D eigenvalue weighted by Gasteiger charge is 2.16. The van der Waals surface area contributed by atoms with Crippen LogP contribution in [0.1, 0.15) is 40.0 Å². The minimum absolute atomic E-state index is 0.0679. The lowest BCUT2D eigenvalue weighted by Crippen LogP contribution is -2.35. The molecule has 0 aromatic heterocycles. The number of carbonyl (C=O) groups is 1. The third kappa shape index (κ3) is 6.67. The van der Waals surface area contributed by atoms with E-state index in [0.29, 0.717) is 6.54 Å². The predicted octanol–water partition coefficient (Wildman–Crippen LogP) is 2.71. The van der Waals surface area contributed by atoms with Gasteiger partial charge in [-0.05, 0) is 38.0 Å². The number of rotatable bonds is 10. The molecular weight excluding hydrogens is 352 g/mol. The molecule has 136 valence electrons. The number of benzene rings is 1. The zero-order valence-corrected chi connectivity index (χ0v) is 15.8. The van der Waals surface area contributed by atoms with Gasteiger partial charge < -0.3 is 10.1 Å². The molecular formula is C16H25ClN2O4S. The van der Waals surface area contributed by atoms with Gasteiger partial charge in [0.2, 0.25) is 10.0 Å². The summed E-state index contributed by atoms with van der Waals surface area (Å²) in [5.74, 6) is 0.0156. The summed E-state index contributed by atoms with van der Waals surface area (Å²) in [6.45, 7) is 6.05. The molecule has 1 atom stereocenters. The topological polar surface area (TPSA) is 84.5 Å². The normalized spacial score (nSPS) is 12.7. The van der Waals surface area contributed by atoms with Gasteiger partial charge in [-0.15, -0.1) is 0 Å². The molecule has 1 aromatic rings. The van der Waals surface area contributed by atoms with E-state index >= 15 is 0 Å². The molecule has 0 spiro atoms. The van der Waals surface area contributed by atoms with E-state index in [1.165, 1.54) is 18.2 Å². The summed E-state index contributed by atoms with van der Waals surface area (Å²) in [5, 5.41) is 2.91. The van der Waals surface area contributed by atoms with Gasteiger partial charge in [-0.25, -0.2) is 13.1 Å². The molecule has 0 aliphatic rings. The fraction of sp³-hybridized carbons (Fsp3) is 0.562. The maximum absolute atomic E-state index is 12.1. The monoisotopic (exact) mass is 376 g/mol. The van der Waals surface area contributed by atoms with Crippen LogP contribution in [0.25, 0.3) is 0 Å². The summed E-state index contributed by atoms with van der Waals surface area (Å²) in [6.07, 6.45) is 2.48. The second-order valence-corrected chi connectivity index (χ2v) is 7.68. The molecule has 2 N–H and O–H groups in total. The molecule has 0 saturated carbocycles. The van der Waals surface area contributed by atoms with Crippen LogP contribution in [-0.2, 0) is 14.8 Å². The Kier molecular flexibility index (Phi) is 8.52. The van der Waals surface area contributed by atoms with Crippen LogP contribution >= 0.6 is 11.6 Å². The first-order valence-electron chi connectivity index (χ1n) is 8.01. The summed E-state index contributed by atoms with van der Waals surface area (Å²) in [6, 6.07) is 4.24. The lowest BCUT2D eigenvalue weighted by molar-refractivity contribution is -0.123. The van der Waals surface area contributed by atoms with Crippen LogP contribution in [0.4, 0.5) is 0 Å². The fourth-order valence-electron chi connectivity index (χ4n) is 1.79. The Morgan fingerprint density at radius 2 is 2.04 bits per heavy atom. The van der Waals surface area contributed by atoms with Crippen molar-refractivity contribution in [3.8, 4) is 5.75 Å². The second-order valence-electron chi connectivity index (χ2n) is 5.51. The van der Waals surface area contributed by atoms with Gasteiger partial charge in [0.25, 0.3) is 5.91 Å². The van der Waals surface area contributed by atoms with Gasteiger partial charge >= 0.3 is 0 Å². The van der Waals surface area contributed by atoms with Crippen molar-refractivity contribution in [2.24, 2.45) is 0 Å². The number of sulfonamides is 1. The molecule has 1 aromatic carbocycles. The SMILES string of the molecule is CCCCNS(=O)(=O)c1ccc(OCC(=O)N[C@@H](C)CC)c(Cl)c1. The number of ether oxygens (including phenoxy) is 1. The molecule has 0 unspecified atom stereocenters. The van der Waals surface area contributed by atoms with Crippen molar-refractivity contribution in [3.63, 3.8) is 0 Å². The van der Waals surface area contributed by atoms with Crippen molar-refractivity contribution >= 4 is 27.5 Å². The molecule has 0 saturated heterocycles. The van der Waals surface area contributed by atoms with Crippen molar-refractivity contribution in [2.75, 3.05) is 13.2 Å². The maximum atomic E-state index is 12.1. The van der Waals surface area contributed by atoms with Crippen molar-refractivity contribution in [2.45, 2.75) is 51.0 Å². The van der Waals surface area contributed by atoms with E-state index < -0.39 is 10.0 Å². The number of halogens is 1. The van der Waals surface area contributed by atoms with Gasteiger partial charge in [-0.2, -0.15) is 0 Å². The van der Waals surface area contributed by atoms with E-state index in [1.807, 2.05) is 20.8 Å². The summed E-state index contributed by atoms with van der Waals surface area (Å²) >= 11 is 6.06. The quantitative estimate of drug-likeness (QED) is 0.615. The lowest BCUT2D eigenvalue weighted by Gasteiger charge is -2.13. The Morgan fingerprint density at radius 3 is 2.62 bits per heavy atom. The first-order valence-corrected chi connectivity index (χ1v) is 9.87. The third-order valence-corrected chi connectivity index (χ3v) is 5.17. The largest absolute Gasteiger partial charge is 0.482 e. The summed E-state index contributed by atoms with van der Waals surface area (Å²) in [7, 11) is -3.59. The fourth-order valence-corrected chi connectivity index (χ4v) is 3.19. The van der Waals surface area contributed by atoms with Crippen molar-refractivity contribution in [1.82, 2.24) is 10.0 Å². The molecule has 0 aliphatic carbocycles. The average molecular weight is 377 g/mol. The van der Waals surface area contributed by atoms with E-state index in [0.717, 1.165) is 19.3 Å². The zero-order chi connectivity index (χ0) is 18.2. The zero-order valence-electron chi connectivity index (χ0n) is 14.3. The van der Waals surface area contributed by atoms with Gasteiger partial charge in [0.15, 0.2) is 6.61 Å². The molecule has 6 nitrogen and oxygen atoms in total. The van der Waals surface area contributed by atoms with Gasteiger partial charge in [0.1, 0.15) is 5.75 Å². The molecule has 0 fully saturated rings. The van der Waals surface area contributed by atoms with Gasteiger partial charge in [-0.1, -0.05) is 31.9 Å². The van der Waals surface area contributed by atoms with Gasteiger partial charge in [-0.3, -0.25) is 4.79 Å². The molecule has 0 bridgehead atoms. The number of hydrogen-bond donors (Lipinski definition) is 2. The predicted molar refractivity (Wildman–Crippen MR) is 94.9 cm³/mol. The van der Waals surface area contributed by atoms with Crippen LogP contribution in [0.3, 0.4) is 0 Å². The number of carbonyl (C=O) groups excluding carboxylic acids is 1. The molecule has 0 radical (unpaired) electrons. The molecule has 0 aliphatic heterocycles. The van der Waals surface area contributed by atoms with E-state index in [9.17, 15) is 13.2 Å². The summed E-state index contributed by atoms with van der Waals surface area (Å²) in [5.41, 5.74) is 0. The van der Waals surface area contributed by atoms with E-state index in [2.05, 4.69) is 10.0 Å².